The summed E-state index contributed by atoms with van der Waals surface area (Å²) in [4.78, 5) is 19.4. The molecule has 1 aromatic heterocycles. The molecule has 2 aliphatic carbocycles. The quantitative estimate of drug-likeness (QED) is 0.871. The number of nitrogens with one attached hydrogen (secondary N) is 1. The number of anilines is 1. The van der Waals surface area contributed by atoms with Gasteiger partial charge in [-0.25, -0.2) is 9.78 Å². The highest BCUT2D eigenvalue weighted by Gasteiger charge is 2.32. The number of carbonyl (C=O) groups is 1. The first-order valence-corrected chi connectivity index (χ1v) is 9.57. The van der Waals surface area contributed by atoms with Crippen LogP contribution in [-0.2, 0) is 0 Å². The Morgan fingerprint density at radius 3 is 2.09 bits per heavy atom. The van der Waals surface area contributed by atoms with Crippen LogP contribution in [0.4, 0.5) is 9.93 Å². The monoisotopic (exact) mass is 319 g/mol. The van der Waals surface area contributed by atoms with E-state index < -0.39 is 0 Å². The first-order valence-electron chi connectivity index (χ1n) is 8.76. The van der Waals surface area contributed by atoms with Crippen molar-refractivity contribution in [1.29, 1.82) is 0 Å². The van der Waals surface area contributed by atoms with E-state index in [0.29, 0.717) is 12.1 Å². The van der Waals surface area contributed by atoms with E-state index in [2.05, 4.69) is 15.2 Å². The van der Waals surface area contributed by atoms with Gasteiger partial charge in [0.1, 0.15) is 0 Å². The lowest BCUT2D eigenvalue weighted by molar-refractivity contribution is 0.114. The summed E-state index contributed by atoms with van der Waals surface area (Å²) in [6, 6.07) is 0.934. The Labute approximate surface area is 138 Å². The first kappa shape index (κ1) is 15.8. The topological polar surface area (TPSA) is 45.2 Å². The maximum Gasteiger partial charge on any atom is 0.324 e. The van der Waals surface area contributed by atoms with Gasteiger partial charge in [-0.1, -0.05) is 38.5 Å². The van der Waals surface area contributed by atoms with E-state index in [0.717, 1.165) is 9.91 Å². The van der Waals surface area contributed by atoms with E-state index in [1.165, 1.54) is 64.2 Å². The Kier molecular flexibility index (Phi) is 5.39. The second-order valence-corrected chi connectivity index (χ2v) is 7.93. The zero-order valence-electron chi connectivity index (χ0n) is 13.5. The molecule has 120 valence electrons. The van der Waals surface area contributed by atoms with Crippen molar-refractivity contribution >= 4 is 35.1 Å². The van der Waals surface area contributed by atoms with Gasteiger partial charge in [0, 0.05) is 18.3 Å². The van der Waals surface area contributed by atoms with Gasteiger partial charge in [-0.2, -0.15) is 0 Å². The van der Waals surface area contributed by atoms with Crippen LogP contribution in [-0.4, -0.2) is 35.8 Å². The molecule has 0 unspecified atom stereocenters. The van der Waals surface area contributed by atoms with E-state index in [4.69, 9.17) is 0 Å². The average molecular weight is 319 g/mol. The number of nitrogens with zero attached hydrogens (tertiary/aromatic N) is 2. The molecule has 22 heavy (non-hydrogen) atoms. The van der Waals surface area contributed by atoms with Gasteiger partial charge in [-0.3, -0.25) is 5.32 Å². The fourth-order valence-electron chi connectivity index (χ4n) is 3.92. The number of thiazole rings is 1. The van der Waals surface area contributed by atoms with E-state index in [1.54, 1.807) is 11.3 Å². The molecule has 2 saturated carbocycles. The van der Waals surface area contributed by atoms with E-state index in [9.17, 15) is 4.79 Å². The van der Waals surface area contributed by atoms with Crippen molar-refractivity contribution in [2.45, 2.75) is 76.3 Å². The van der Waals surface area contributed by atoms with E-state index >= 15 is 0 Å². The van der Waals surface area contributed by atoms with Gasteiger partial charge < -0.3 is 4.90 Å². The molecule has 0 bridgehead atoms. The number of hydrogen-bond acceptors (Lipinski definition) is 3. The Bertz CT molecular complexity index is 477. The van der Waals surface area contributed by atoms with Crippen LogP contribution in [0.5, 0.6) is 0 Å². The van der Waals surface area contributed by atoms with Gasteiger partial charge in [0.05, 0.1) is 0 Å². The lowest BCUT2D eigenvalue weighted by atomic mass is 9.89. The first-order chi connectivity index (χ1) is 10.7. The molecule has 2 aliphatic rings. The maximum atomic E-state index is 12.9. The molecule has 6 heteroatoms. The molecular formula is C16H26BN3OS. The minimum absolute atomic E-state index is 0.0770. The van der Waals surface area contributed by atoms with Crippen LogP contribution < -0.4 is 10.1 Å². The van der Waals surface area contributed by atoms with Crippen LogP contribution >= 0.6 is 11.3 Å². The van der Waals surface area contributed by atoms with Crippen molar-refractivity contribution in [2.75, 3.05) is 5.32 Å². The summed E-state index contributed by atoms with van der Waals surface area (Å²) < 4.78 is 1.14. The molecule has 4 nitrogen and oxygen atoms in total. The second-order valence-electron chi connectivity index (χ2n) is 6.70. The predicted molar refractivity (Wildman–Crippen MR) is 94.9 cm³/mol. The normalized spacial score (nSPS) is 20.7. The molecule has 1 heterocycles. The smallest absolute Gasteiger partial charge is 0.319 e. The standard InChI is InChI=1S/C16H26BN3OS/c17-14-11-18-15(22-14)19-16(21)20(12-7-3-1-4-8-12)13-9-5-2-6-10-13/h11-13H,1-10,17H2,(H,18,19,21). The Morgan fingerprint density at radius 2 is 1.64 bits per heavy atom. The third-order valence-electron chi connectivity index (χ3n) is 5.01. The lowest BCUT2D eigenvalue weighted by Gasteiger charge is -2.41. The molecule has 0 aliphatic heterocycles. The number of hydrogen-bond donors (Lipinski definition) is 1. The predicted octanol–water partition coefficient (Wildman–Crippen LogP) is 2.90. The number of carbonyl (C=O) groups excluding carboxylic acids is 1. The van der Waals surface area contributed by atoms with Gasteiger partial charge in [0.2, 0.25) is 0 Å². The summed E-state index contributed by atoms with van der Waals surface area (Å²) in [5, 5.41) is 3.79. The highest BCUT2D eigenvalue weighted by atomic mass is 32.1. The number of rotatable bonds is 3. The molecule has 0 saturated heterocycles. The molecule has 2 amide bonds. The Balaban J connectivity index is 1.72. The largest absolute Gasteiger partial charge is 0.324 e. The molecule has 1 aromatic rings. The molecule has 3 rings (SSSR count). The summed E-state index contributed by atoms with van der Waals surface area (Å²) >= 11 is 1.56. The van der Waals surface area contributed by atoms with Crippen LogP contribution in [0.2, 0.25) is 0 Å². The van der Waals surface area contributed by atoms with Crippen LogP contribution in [0.15, 0.2) is 6.20 Å². The zero-order chi connectivity index (χ0) is 15.4. The highest BCUT2D eigenvalue weighted by molar-refractivity contribution is 7.23. The van der Waals surface area contributed by atoms with Crippen LogP contribution in [0.25, 0.3) is 0 Å². The Hall–Kier alpha value is -1.04. The minimum Gasteiger partial charge on any atom is -0.319 e. The highest BCUT2D eigenvalue weighted by Crippen LogP contribution is 2.30. The van der Waals surface area contributed by atoms with Crippen molar-refractivity contribution in [2.24, 2.45) is 0 Å². The molecule has 0 atom stereocenters. The van der Waals surface area contributed by atoms with E-state index in [1.807, 2.05) is 14.0 Å². The van der Waals surface area contributed by atoms with E-state index in [-0.39, 0.29) is 6.03 Å². The van der Waals surface area contributed by atoms with Crippen molar-refractivity contribution in [1.82, 2.24) is 9.88 Å². The second kappa shape index (κ2) is 7.49. The van der Waals surface area contributed by atoms with Crippen molar-refractivity contribution in [3.63, 3.8) is 0 Å². The number of urea groups is 1. The number of amides is 2. The summed E-state index contributed by atoms with van der Waals surface area (Å²) in [6.07, 6.45) is 14.2. The van der Waals surface area contributed by atoms with Gasteiger partial charge in [-0.05, 0) is 30.5 Å². The Morgan fingerprint density at radius 1 is 1.09 bits per heavy atom. The summed E-state index contributed by atoms with van der Waals surface area (Å²) in [7, 11) is 2.02. The summed E-state index contributed by atoms with van der Waals surface area (Å²) in [5.74, 6) is 0. The fraction of sp³-hybridized carbons (Fsp3) is 0.750. The van der Waals surface area contributed by atoms with Crippen LogP contribution in [0.3, 0.4) is 0 Å². The van der Waals surface area contributed by atoms with Crippen molar-refractivity contribution in [3.05, 3.63) is 6.20 Å². The third-order valence-corrected chi connectivity index (χ3v) is 5.83. The van der Waals surface area contributed by atoms with Gasteiger partial charge in [-0.15, -0.1) is 11.3 Å². The maximum absolute atomic E-state index is 12.9. The lowest BCUT2D eigenvalue weighted by Crippen LogP contribution is -2.50. The minimum atomic E-state index is 0.0770. The van der Waals surface area contributed by atoms with Crippen molar-refractivity contribution < 1.29 is 4.79 Å². The summed E-state index contributed by atoms with van der Waals surface area (Å²) in [6.45, 7) is 0. The van der Waals surface area contributed by atoms with Crippen LogP contribution in [0.1, 0.15) is 64.2 Å². The molecule has 2 fully saturated rings. The van der Waals surface area contributed by atoms with Gasteiger partial charge >= 0.3 is 6.03 Å². The van der Waals surface area contributed by atoms with Gasteiger partial charge in [0.25, 0.3) is 0 Å². The fourth-order valence-corrected chi connectivity index (χ4v) is 4.57. The molecular weight excluding hydrogens is 293 g/mol. The van der Waals surface area contributed by atoms with Crippen molar-refractivity contribution in [3.8, 4) is 0 Å². The molecule has 0 aromatic carbocycles. The zero-order valence-corrected chi connectivity index (χ0v) is 14.3. The summed E-state index contributed by atoms with van der Waals surface area (Å²) in [5.41, 5.74) is 0. The number of aromatic nitrogens is 1. The third kappa shape index (κ3) is 3.83. The molecule has 0 radical (unpaired) electrons. The van der Waals surface area contributed by atoms with Gasteiger partial charge in [0.15, 0.2) is 13.0 Å². The SMILES string of the molecule is Bc1cnc(NC(=O)N(C2CCCCC2)C2CCCCC2)s1. The molecule has 1 N–H and O–H groups in total. The van der Waals surface area contributed by atoms with Crippen LogP contribution in [0, 0.1) is 0 Å². The average Bonchev–Trinajstić information content (AvgIpc) is 2.95. The molecule has 0 spiro atoms.